The maximum atomic E-state index is 11.3. The van der Waals surface area contributed by atoms with Crippen LogP contribution in [0.4, 0.5) is 5.69 Å². The summed E-state index contributed by atoms with van der Waals surface area (Å²) < 4.78 is 0. The summed E-state index contributed by atoms with van der Waals surface area (Å²) in [5.74, 6) is -0.787. The van der Waals surface area contributed by atoms with E-state index in [-0.39, 0.29) is 0 Å². The Morgan fingerprint density at radius 1 is 1.58 bits per heavy atom. The first-order valence-corrected chi connectivity index (χ1v) is 6.52. The molecule has 19 heavy (non-hydrogen) atoms. The third kappa shape index (κ3) is 2.66. The molecule has 0 amide bonds. The van der Waals surface area contributed by atoms with E-state index in [0.717, 1.165) is 18.7 Å². The first kappa shape index (κ1) is 13.7. The number of anilines is 1. The van der Waals surface area contributed by atoms with Crippen LogP contribution in [-0.2, 0) is 4.79 Å². The number of nitrogens with zero attached hydrogens (tertiary/aromatic N) is 2. The van der Waals surface area contributed by atoms with E-state index in [0.29, 0.717) is 23.6 Å². The van der Waals surface area contributed by atoms with Gasteiger partial charge in [-0.15, -0.1) is 0 Å². The third-order valence-electron chi connectivity index (χ3n) is 3.63. The first-order valence-electron chi connectivity index (χ1n) is 6.14. The fourth-order valence-corrected chi connectivity index (χ4v) is 2.67. The van der Waals surface area contributed by atoms with E-state index in [1.54, 1.807) is 25.1 Å². The van der Waals surface area contributed by atoms with Crippen LogP contribution < -0.4 is 4.90 Å². The van der Waals surface area contributed by atoms with Crippen molar-refractivity contribution in [2.45, 2.75) is 19.8 Å². The number of piperidine rings is 1. The summed E-state index contributed by atoms with van der Waals surface area (Å²) in [6, 6.07) is 7.24. The molecule has 1 aromatic carbocycles. The molecule has 1 saturated heterocycles. The number of hydrogen-bond donors (Lipinski definition) is 1. The van der Waals surface area contributed by atoms with Crippen molar-refractivity contribution in [2.75, 3.05) is 18.0 Å². The Morgan fingerprint density at radius 3 is 2.95 bits per heavy atom. The molecule has 1 aliphatic rings. The van der Waals surface area contributed by atoms with Crippen molar-refractivity contribution in [3.63, 3.8) is 0 Å². The average molecular weight is 279 g/mol. The van der Waals surface area contributed by atoms with Gasteiger partial charge in [0.15, 0.2) is 0 Å². The highest BCUT2D eigenvalue weighted by molar-refractivity contribution is 6.30. The lowest BCUT2D eigenvalue weighted by Crippen LogP contribution is -2.46. The Kier molecular flexibility index (Phi) is 3.68. The third-order valence-corrected chi connectivity index (χ3v) is 3.87. The zero-order valence-electron chi connectivity index (χ0n) is 10.7. The number of carboxylic acids is 1. The molecule has 0 bridgehead atoms. The lowest BCUT2D eigenvalue weighted by atomic mass is 9.81. The van der Waals surface area contributed by atoms with Crippen molar-refractivity contribution in [2.24, 2.45) is 5.41 Å². The SMILES string of the molecule is CC1(C(=O)O)CCCN(c2ccc(Cl)cc2C#N)C1. The molecule has 0 spiro atoms. The second-order valence-electron chi connectivity index (χ2n) is 5.16. The van der Waals surface area contributed by atoms with Gasteiger partial charge < -0.3 is 10.0 Å². The second-order valence-corrected chi connectivity index (χ2v) is 5.60. The minimum atomic E-state index is -0.787. The van der Waals surface area contributed by atoms with E-state index in [2.05, 4.69) is 6.07 Å². The highest BCUT2D eigenvalue weighted by atomic mass is 35.5. The van der Waals surface area contributed by atoms with E-state index < -0.39 is 11.4 Å². The molecule has 5 heteroatoms. The maximum Gasteiger partial charge on any atom is 0.311 e. The van der Waals surface area contributed by atoms with E-state index in [4.69, 9.17) is 16.9 Å². The predicted molar refractivity (Wildman–Crippen MR) is 73.4 cm³/mol. The Morgan fingerprint density at radius 2 is 2.32 bits per heavy atom. The Bertz CT molecular complexity index is 553. The van der Waals surface area contributed by atoms with Gasteiger partial charge in [-0.1, -0.05) is 11.6 Å². The molecule has 1 unspecified atom stereocenters. The van der Waals surface area contributed by atoms with Gasteiger partial charge in [0.05, 0.1) is 16.7 Å². The molecule has 1 N–H and O–H groups in total. The summed E-state index contributed by atoms with van der Waals surface area (Å²) in [5.41, 5.74) is 0.492. The molecular weight excluding hydrogens is 264 g/mol. The average Bonchev–Trinajstić information content (AvgIpc) is 2.38. The molecule has 0 radical (unpaired) electrons. The van der Waals surface area contributed by atoms with Gasteiger partial charge in [0.25, 0.3) is 0 Å². The van der Waals surface area contributed by atoms with Crippen molar-refractivity contribution in [3.8, 4) is 6.07 Å². The van der Waals surface area contributed by atoms with Crippen molar-refractivity contribution in [1.29, 1.82) is 5.26 Å². The summed E-state index contributed by atoms with van der Waals surface area (Å²) in [5, 5.41) is 19.0. The Hall–Kier alpha value is -1.73. The van der Waals surface area contributed by atoms with Crippen LogP contribution in [0.5, 0.6) is 0 Å². The summed E-state index contributed by atoms with van der Waals surface area (Å²) in [6.45, 7) is 2.93. The van der Waals surface area contributed by atoms with Crippen LogP contribution in [0.25, 0.3) is 0 Å². The molecular formula is C14H15ClN2O2. The first-order chi connectivity index (χ1) is 8.96. The van der Waals surface area contributed by atoms with E-state index in [9.17, 15) is 9.90 Å². The van der Waals surface area contributed by atoms with Crippen LogP contribution in [0.2, 0.25) is 5.02 Å². The number of benzene rings is 1. The van der Waals surface area contributed by atoms with Gasteiger partial charge in [-0.05, 0) is 38.0 Å². The zero-order valence-corrected chi connectivity index (χ0v) is 11.4. The number of carboxylic acid groups (broad SMARTS) is 1. The molecule has 2 rings (SSSR count). The van der Waals surface area contributed by atoms with Gasteiger partial charge in [0.1, 0.15) is 6.07 Å². The smallest absolute Gasteiger partial charge is 0.311 e. The molecule has 0 aliphatic carbocycles. The summed E-state index contributed by atoms with van der Waals surface area (Å²) in [7, 11) is 0. The molecule has 0 aromatic heterocycles. The van der Waals surface area contributed by atoms with Crippen LogP contribution in [0, 0.1) is 16.7 Å². The number of halogens is 1. The highest BCUT2D eigenvalue weighted by Crippen LogP contribution is 2.34. The number of aliphatic carboxylic acids is 1. The van der Waals surface area contributed by atoms with Gasteiger partial charge in [0, 0.05) is 18.1 Å². The predicted octanol–water partition coefficient (Wildman–Crippen LogP) is 2.90. The summed E-state index contributed by atoms with van der Waals surface area (Å²) in [6.07, 6.45) is 1.46. The molecule has 1 aromatic rings. The van der Waals surface area contributed by atoms with Crippen LogP contribution in [0.1, 0.15) is 25.3 Å². The maximum absolute atomic E-state index is 11.3. The minimum absolute atomic E-state index is 0.415. The molecule has 1 atom stereocenters. The fourth-order valence-electron chi connectivity index (χ4n) is 2.49. The van der Waals surface area contributed by atoms with E-state index in [1.165, 1.54) is 0 Å². The fraction of sp³-hybridized carbons (Fsp3) is 0.429. The lowest BCUT2D eigenvalue weighted by molar-refractivity contribution is -0.148. The summed E-state index contributed by atoms with van der Waals surface area (Å²) >= 11 is 5.88. The standard InChI is InChI=1S/C14H15ClN2O2/c1-14(13(18)19)5-2-6-17(9-14)12-4-3-11(15)7-10(12)8-16/h3-4,7H,2,5-6,9H2,1H3,(H,18,19). The van der Waals surface area contributed by atoms with Gasteiger partial charge in [-0.25, -0.2) is 0 Å². The molecule has 100 valence electrons. The Balaban J connectivity index is 2.33. The van der Waals surface area contributed by atoms with Crippen molar-refractivity contribution >= 4 is 23.3 Å². The number of rotatable bonds is 2. The molecule has 4 nitrogen and oxygen atoms in total. The second kappa shape index (κ2) is 5.10. The molecule has 0 saturated carbocycles. The van der Waals surface area contributed by atoms with Gasteiger partial charge in [-0.2, -0.15) is 5.26 Å². The van der Waals surface area contributed by atoms with Crippen LogP contribution >= 0.6 is 11.6 Å². The normalized spacial score (nSPS) is 22.9. The zero-order chi connectivity index (χ0) is 14.0. The molecule has 1 fully saturated rings. The van der Waals surface area contributed by atoms with Crippen LogP contribution in [0.3, 0.4) is 0 Å². The van der Waals surface area contributed by atoms with Gasteiger partial charge in [-0.3, -0.25) is 4.79 Å². The molecule has 1 aliphatic heterocycles. The van der Waals surface area contributed by atoms with Crippen LogP contribution in [-0.4, -0.2) is 24.2 Å². The minimum Gasteiger partial charge on any atom is -0.481 e. The van der Waals surface area contributed by atoms with Crippen molar-refractivity contribution < 1.29 is 9.90 Å². The number of carbonyl (C=O) groups is 1. The van der Waals surface area contributed by atoms with Crippen LogP contribution in [0.15, 0.2) is 18.2 Å². The lowest BCUT2D eigenvalue weighted by Gasteiger charge is -2.39. The number of hydrogen-bond acceptors (Lipinski definition) is 3. The number of nitriles is 1. The topological polar surface area (TPSA) is 64.3 Å². The Labute approximate surface area is 117 Å². The van der Waals surface area contributed by atoms with Crippen molar-refractivity contribution in [3.05, 3.63) is 28.8 Å². The quantitative estimate of drug-likeness (QED) is 0.903. The largest absolute Gasteiger partial charge is 0.481 e. The van der Waals surface area contributed by atoms with E-state index >= 15 is 0 Å². The monoisotopic (exact) mass is 278 g/mol. The molecule has 1 heterocycles. The van der Waals surface area contributed by atoms with E-state index in [1.807, 2.05) is 4.90 Å². The van der Waals surface area contributed by atoms with Crippen molar-refractivity contribution in [1.82, 2.24) is 0 Å². The van der Waals surface area contributed by atoms with Gasteiger partial charge in [0.2, 0.25) is 0 Å². The van der Waals surface area contributed by atoms with Gasteiger partial charge >= 0.3 is 5.97 Å². The summed E-state index contributed by atoms with van der Waals surface area (Å²) in [4.78, 5) is 13.3. The highest BCUT2D eigenvalue weighted by Gasteiger charge is 2.38.